The fraction of sp³-hybridized carbons (Fsp3) is 0.375. The Morgan fingerprint density at radius 2 is 2.15 bits per heavy atom. The number of hydrogen-bond donors (Lipinski definition) is 2. The molecular weight excluding hydrogens is 507 g/mol. The van der Waals surface area contributed by atoms with Gasteiger partial charge < -0.3 is 20.1 Å². The highest BCUT2D eigenvalue weighted by molar-refractivity contribution is 14.1. The first kappa shape index (κ1) is 20.1. The van der Waals surface area contributed by atoms with Gasteiger partial charge in [0.1, 0.15) is 18.0 Å². The maximum absolute atomic E-state index is 12.5. The molecule has 3 rings (SSSR count). The lowest BCUT2D eigenvalue weighted by Gasteiger charge is -2.50. The Hall–Kier alpha value is -1.60. The molecule has 0 aliphatic carbocycles. The summed E-state index contributed by atoms with van der Waals surface area (Å²) in [6.07, 6.45) is 0.158. The highest BCUT2D eigenvalue weighted by atomic mass is 127. The van der Waals surface area contributed by atoms with Crippen molar-refractivity contribution < 1.29 is 29.0 Å². The number of ether oxygens (including phenoxy) is 1. The number of carboxylic acid groups (broad SMARTS) is 1. The lowest BCUT2D eigenvalue weighted by Crippen LogP contribution is -2.74. The van der Waals surface area contributed by atoms with Crippen LogP contribution in [0.25, 0.3) is 0 Å². The number of β-lactam (4-membered cyclic amide) rings is 1. The molecule has 0 bridgehead atoms. The van der Waals surface area contributed by atoms with E-state index in [1.165, 1.54) is 16.7 Å². The minimum atomic E-state index is -1.41. The third kappa shape index (κ3) is 4.14. The molecule has 2 unspecified atom stereocenters. The highest BCUT2D eigenvalue weighted by Crippen LogP contribution is 2.40. The number of rotatable bonds is 7. The Morgan fingerprint density at radius 1 is 1.37 bits per heavy atom. The summed E-state index contributed by atoms with van der Waals surface area (Å²) in [4.78, 5) is 50.4. The molecule has 1 saturated heterocycles. The van der Waals surface area contributed by atoms with Crippen LogP contribution in [0.1, 0.15) is 4.88 Å². The Morgan fingerprint density at radius 3 is 2.78 bits per heavy atom. The first-order valence-corrected chi connectivity index (χ1v) is 11.2. The van der Waals surface area contributed by atoms with Crippen molar-refractivity contribution in [1.29, 1.82) is 0 Å². The smallest absolute Gasteiger partial charge is 0.337 e. The van der Waals surface area contributed by atoms with Gasteiger partial charge in [-0.05, 0) is 16.9 Å². The number of amides is 2. The maximum Gasteiger partial charge on any atom is 0.337 e. The van der Waals surface area contributed by atoms with E-state index in [1.54, 1.807) is 0 Å². The number of nitrogens with zero attached hydrogens (tertiary/aromatic N) is 1. The van der Waals surface area contributed by atoms with Crippen LogP contribution in [-0.4, -0.2) is 62.3 Å². The average molecular weight is 522 g/mol. The second-order valence-corrected chi connectivity index (χ2v) is 8.81. The fourth-order valence-electron chi connectivity index (χ4n) is 2.82. The molecule has 0 saturated carbocycles. The van der Waals surface area contributed by atoms with Crippen LogP contribution >= 0.6 is 45.7 Å². The summed E-state index contributed by atoms with van der Waals surface area (Å²) < 4.78 is 5.58. The molecule has 3 atom stereocenters. The number of carbonyl (C=O) groups excluding carboxylic acids is 3. The van der Waals surface area contributed by atoms with Crippen molar-refractivity contribution in [2.75, 3.05) is 11.0 Å². The SMILES string of the molecule is O=C(Cc1cccs1)NC1C(=O)N2C(C(=O)O)C(C(=O)OCCI)=CS[C@H]12. The second-order valence-electron chi connectivity index (χ2n) is 5.71. The van der Waals surface area contributed by atoms with E-state index in [-0.39, 0.29) is 24.5 Å². The van der Waals surface area contributed by atoms with Gasteiger partial charge in [0.2, 0.25) is 11.8 Å². The van der Waals surface area contributed by atoms with E-state index < -0.39 is 35.3 Å². The summed E-state index contributed by atoms with van der Waals surface area (Å²) in [5.41, 5.74) is -0.0784. The van der Waals surface area contributed by atoms with Gasteiger partial charge in [-0.2, -0.15) is 0 Å². The molecular formula is C16H15IN2O6S2. The van der Waals surface area contributed by atoms with E-state index in [1.807, 2.05) is 40.1 Å². The zero-order valence-corrected chi connectivity index (χ0v) is 17.6. The summed E-state index contributed by atoms with van der Waals surface area (Å²) in [6, 6.07) is 1.44. The third-order valence-electron chi connectivity index (χ3n) is 4.00. The van der Waals surface area contributed by atoms with Crippen molar-refractivity contribution in [3.05, 3.63) is 33.4 Å². The van der Waals surface area contributed by atoms with Crippen molar-refractivity contribution >= 4 is 69.4 Å². The Balaban J connectivity index is 1.70. The quantitative estimate of drug-likeness (QED) is 0.238. The average Bonchev–Trinajstić information content (AvgIpc) is 3.15. The Bertz CT molecular complexity index is 797. The molecule has 144 valence electrons. The van der Waals surface area contributed by atoms with Crippen molar-refractivity contribution in [3.63, 3.8) is 0 Å². The zero-order chi connectivity index (χ0) is 19.6. The van der Waals surface area contributed by atoms with Crippen LogP contribution in [0.3, 0.4) is 0 Å². The molecule has 2 aliphatic rings. The third-order valence-corrected chi connectivity index (χ3v) is 6.48. The van der Waals surface area contributed by atoms with Crippen molar-refractivity contribution in [2.24, 2.45) is 0 Å². The zero-order valence-electron chi connectivity index (χ0n) is 13.8. The predicted molar refractivity (Wildman–Crippen MR) is 108 cm³/mol. The van der Waals surface area contributed by atoms with E-state index in [4.69, 9.17) is 4.74 Å². The van der Waals surface area contributed by atoms with Gasteiger partial charge in [0.05, 0.1) is 12.0 Å². The number of fused-ring (bicyclic) bond motifs is 1. The molecule has 2 amide bonds. The van der Waals surface area contributed by atoms with Crippen molar-refractivity contribution in [2.45, 2.75) is 23.9 Å². The van der Waals surface area contributed by atoms with Crippen LogP contribution in [0, 0.1) is 0 Å². The normalized spacial score (nSPS) is 23.7. The number of aliphatic carboxylic acids is 1. The van der Waals surface area contributed by atoms with Crippen molar-refractivity contribution in [1.82, 2.24) is 10.2 Å². The van der Waals surface area contributed by atoms with Crippen LogP contribution in [0.5, 0.6) is 0 Å². The second kappa shape index (κ2) is 8.61. The molecule has 1 aromatic heterocycles. The first-order valence-electron chi connectivity index (χ1n) is 7.89. The van der Waals surface area contributed by atoms with Gasteiger partial charge in [0, 0.05) is 9.30 Å². The summed E-state index contributed by atoms with van der Waals surface area (Å²) in [5, 5.41) is 14.9. The molecule has 3 heterocycles. The summed E-state index contributed by atoms with van der Waals surface area (Å²) in [7, 11) is 0. The number of thioether (sulfide) groups is 1. The largest absolute Gasteiger partial charge is 0.479 e. The minimum absolute atomic E-state index is 0.0784. The molecule has 27 heavy (non-hydrogen) atoms. The summed E-state index contributed by atoms with van der Waals surface area (Å²) >= 11 is 4.60. The number of hydrogen-bond acceptors (Lipinski definition) is 7. The van der Waals surface area contributed by atoms with E-state index in [0.29, 0.717) is 4.43 Å². The molecule has 1 fully saturated rings. The number of carboxylic acids is 1. The van der Waals surface area contributed by atoms with Gasteiger partial charge >= 0.3 is 11.9 Å². The standard InChI is InChI=1S/C16H15IN2O6S2/c17-3-4-25-16(24)9-7-27-14-11(13(21)19(14)12(9)15(22)23)18-10(20)6-8-2-1-5-26-8/h1-2,5,7,11-12,14H,3-4,6H2,(H,18,20)(H,22,23)/t11?,12?,14-/m1/s1. The van der Waals surface area contributed by atoms with E-state index in [0.717, 1.165) is 21.5 Å². The number of alkyl halides is 1. The molecule has 0 radical (unpaired) electrons. The monoisotopic (exact) mass is 522 g/mol. The molecule has 8 nitrogen and oxygen atoms in total. The molecule has 2 N–H and O–H groups in total. The molecule has 2 aliphatic heterocycles. The van der Waals surface area contributed by atoms with Crippen LogP contribution in [0.2, 0.25) is 0 Å². The van der Waals surface area contributed by atoms with Crippen molar-refractivity contribution in [3.8, 4) is 0 Å². The summed E-state index contributed by atoms with van der Waals surface area (Å²) in [6.45, 7) is 0.159. The van der Waals surface area contributed by atoms with E-state index in [2.05, 4.69) is 5.32 Å². The summed E-state index contributed by atoms with van der Waals surface area (Å²) in [5.74, 6) is -2.89. The van der Waals surface area contributed by atoms with Gasteiger partial charge in [-0.3, -0.25) is 9.59 Å². The number of halogens is 1. The van der Waals surface area contributed by atoms with Gasteiger partial charge in [0.15, 0.2) is 6.04 Å². The number of carbonyl (C=O) groups is 4. The van der Waals surface area contributed by atoms with Crippen LogP contribution in [-0.2, 0) is 30.3 Å². The fourth-order valence-corrected chi connectivity index (χ4v) is 4.95. The highest BCUT2D eigenvalue weighted by Gasteiger charge is 2.57. The first-order chi connectivity index (χ1) is 12.9. The number of nitrogens with one attached hydrogen (secondary N) is 1. The van der Waals surface area contributed by atoms with Crippen LogP contribution < -0.4 is 5.32 Å². The van der Waals surface area contributed by atoms with Gasteiger partial charge in [-0.15, -0.1) is 23.1 Å². The van der Waals surface area contributed by atoms with Gasteiger partial charge in [-0.1, -0.05) is 28.7 Å². The van der Waals surface area contributed by atoms with Crippen LogP contribution in [0.15, 0.2) is 28.5 Å². The van der Waals surface area contributed by atoms with Gasteiger partial charge in [0.25, 0.3) is 0 Å². The van der Waals surface area contributed by atoms with Crippen LogP contribution in [0.4, 0.5) is 0 Å². The number of thiophene rings is 1. The Kier molecular flexibility index (Phi) is 6.42. The maximum atomic E-state index is 12.5. The topological polar surface area (TPSA) is 113 Å². The lowest BCUT2D eigenvalue weighted by molar-refractivity contribution is -0.161. The number of esters is 1. The molecule has 1 aromatic rings. The molecule has 0 spiro atoms. The lowest BCUT2D eigenvalue weighted by atomic mass is 9.98. The van der Waals surface area contributed by atoms with Gasteiger partial charge in [-0.25, -0.2) is 9.59 Å². The predicted octanol–water partition coefficient (Wildman–Crippen LogP) is 1.01. The molecule has 0 aromatic carbocycles. The minimum Gasteiger partial charge on any atom is -0.479 e. The molecule has 11 heteroatoms. The van der Waals surface area contributed by atoms with E-state index in [9.17, 15) is 24.3 Å². The van der Waals surface area contributed by atoms with E-state index >= 15 is 0 Å². The Labute approximate surface area is 176 Å².